The van der Waals surface area contributed by atoms with Crippen molar-refractivity contribution in [1.82, 2.24) is 20.3 Å². The fourth-order valence-electron chi connectivity index (χ4n) is 2.93. The van der Waals surface area contributed by atoms with Crippen molar-refractivity contribution in [2.45, 2.75) is 39.7 Å². The molecule has 0 aromatic carbocycles. The van der Waals surface area contributed by atoms with Gasteiger partial charge in [-0.25, -0.2) is 15.0 Å². The smallest absolute Gasteiger partial charge is 0.228 e. The van der Waals surface area contributed by atoms with Gasteiger partial charge in [0.1, 0.15) is 12.1 Å². The number of rotatable bonds is 8. The highest BCUT2D eigenvalue weighted by molar-refractivity contribution is 5.76. The minimum Gasteiger partial charge on any atom is -0.477 e. The van der Waals surface area contributed by atoms with E-state index in [9.17, 15) is 4.79 Å². The number of fused-ring (bicyclic) bond motifs is 1. The van der Waals surface area contributed by atoms with E-state index in [1.54, 1.807) is 18.5 Å². The van der Waals surface area contributed by atoms with Crippen molar-refractivity contribution < 1.29 is 18.7 Å². The van der Waals surface area contributed by atoms with Gasteiger partial charge in [-0.1, -0.05) is 0 Å². The van der Waals surface area contributed by atoms with Crippen molar-refractivity contribution in [2.75, 3.05) is 13.2 Å². The third kappa shape index (κ3) is 4.82. The molecule has 8 heteroatoms. The van der Waals surface area contributed by atoms with Gasteiger partial charge in [0, 0.05) is 24.8 Å². The van der Waals surface area contributed by atoms with Crippen LogP contribution in [0.25, 0.3) is 22.6 Å². The van der Waals surface area contributed by atoms with Gasteiger partial charge in [-0.15, -0.1) is 0 Å². The minimum atomic E-state index is -0.120. The lowest BCUT2D eigenvalue weighted by Gasteiger charge is -2.12. The zero-order valence-electron chi connectivity index (χ0n) is 16.8. The summed E-state index contributed by atoms with van der Waals surface area (Å²) in [4.78, 5) is 24.2. The summed E-state index contributed by atoms with van der Waals surface area (Å²) in [6, 6.07) is 3.53. The van der Waals surface area contributed by atoms with Gasteiger partial charge in [0.2, 0.25) is 23.6 Å². The molecule has 0 radical (unpaired) electrons. The Labute approximate surface area is 168 Å². The molecule has 3 aromatic heterocycles. The molecule has 8 nitrogen and oxygen atoms in total. The molecule has 1 saturated carbocycles. The fourth-order valence-corrected chi connectivity index (χ4v) is 2.93. The third-order valence-corrected chi connectivity index (χ3v) is 4.61. The Morgan fingerprint density at radius 1 is 1.28 bits per heavy atom. The number of aromatic nitrogens is 3. The fraction of sp³-hybridized carbons (Fsp3) is 0.429. The lowest BCUT2D eigenvalue weighted by atomic mass is 10.2. The number of pyridine rings is 2. The molecule has 1 aliphatic rings. The maximum atomic E-state index is 11.1. The summed E-state index contributed by atoms with van der Waals surface area (Å²) in [5.74, 6) is 2.11. The van der Waals surface area contributed by atoms with Gasteiger partial charge in [0.05, 0.1) is 24.4 Å². The highest BCUT2D eigenvalue weighted by atomic mass is 16.5. The third-order valence-electron chi connectivity index (χ3n) is 4.61. The second-order valence-electron chi connectivity index (χ2n) is 7.52. The minimum absolute atomic E-state index is 0.0998. The van der Waals surface area contributed by atoms with Crippen LogP contribution in [-0.2, 0) is 4.79 Å². The molecule has 0 aliphatic heterocycles. The van der Waals surface area contributed by atoms with Crippen LogP contribution in [0.2, 0.25) is 0 Å². The van der Waals surface area contributed by atoms with Gasteiger partial charge in [-0.2, -0.15) is 0 Å². The number of hydrogen-bond acceptors (Lipinski definition) is 7. The zero-order chi connectivity index (χ0) is 20.4. The summed E-state index contributed by atoms with van der Waals surface area (Å²) in [5, 5.41) is 2.76. The zero-order valence-corrected chi connectivity index (χ0v) is 16.8. The molecule has 0 saturated heterocycles. The predicted octanol–water partition coefficient (Wildman–Crippen LogP) is 3.29. The quantitative estimate of drug-likeness (QED) is 0.624. The number of carbonyl (C=O) groups is 1. The normalized spacial score (nSPS) is 14.6. The first-order chi connectivity index (χ1) is 14.0. The van der Waals surface area contributed by atoms with E-state index in [0.717, 1.165) is 17.7 Å². The van der Waals surface area contributed by atoms with Gasteiger partial charge < -0.3 is 19.2 Å². The summed E-state index contributed by atoms with van der Waals surface area (Å²) < 4.78 is 17.3. The summed E-state index contributed by atoms with van der Waals surface area (Å²) in [5.41, 5.74) is 2.93. The van der Waals surface area contributed by atoms with E-state index >= 15 is 0 Å². The van der Waals surface area contributed by atoms with Crippen LogP contribution >= 0.6 is 0 Å². The van der Waals surface area contributed by atoms with Crippen LogP contribution in [0, 0.1) is 12.8 Å². The maximum Gasteiger partial charge on any atom is 0.228 e. The van der Waals surface area contributed by atoms with E-state index < -0.39 is 0 Å². The number of nitrogens with one attached hydrogen (secondary N) is 1. The highest BCUT2D eigenvalue weighted by Crippen LogP contribution is 2.31. The first kappa shape index (κ1) is 19.2. The topological polar surface area (TPSA) is 99.4 Å². The number of amides is 1. The van der Waals surface area contributed by atoms with Crippen molar-refractivity contribution in [1.29, 1.82) is 0 Å². The van der Waals surface area contributed by atoms with Gasteiger partial charge in [0.25, 0.3) is 0 Å². The van der Waals surface area contributed by atoms with Crippen LogP contribution in [0.3, 0.4) is 0 Å². The summed E-state index contributed by atoms with van der Waals surface area (Å²) in [6.45, 7) is 6.33. The standard InChI is InChI=1S/C21H24N4O4/c1-12-6-16(8-23-20(12)28-11-15-4-5-15)21-25-17-9-22-19(7-18(17)29-21)27-10-13(2)24-14(3)26/h6-9,13,15H,4-5,10-11H2,1-3H3,(H,24,26)/t13-/m0/s1. The van der Waals surface area contributed by atoms with E-state index in [1.807, 2.05) is 19.9 Å². The molecule has 3 aromatic rings. The molecule has 4 rings (SSSR count). The Bertz CT molecular complexity index is 1030. The molecule has 1 atom stereocenters. The monoisotopic (exact) mass is 396 g/mol. The SMILES string of the molecule is CC(=O)N[C@@H](C)COc1cc2oc(-c3cnc(OCC4CC4)c(C)c3)nc2cn1. The van der Waals surface area contributed by atoms with E-state index in [2.05, 4.69) is 20.3 Å². The molecule has 3 heterocycles. The van der Waals surface area contributed by atoms with Gasteiger partial charge in [-0.05, 0) is 38.7 Å². The Morgan fingerprint density at radius 2 is 2.10 bits per heavy atom. The lowest BCUT2D eigenvalue weighted by Crippen LogP contribution is -2.35. The number of oxazole rings is 1. The molecule has 1 fully saturated rings. The largest absolute Gasteiger partial charge is 0.477 e. The Morgan fingerprint density at radius 3 is 2.83 bits per heavy atom. The predicted molar refractivity (Wildman–Crippen MR) is 107 cm³/mol. The van der Waals surface area contributed by atoms with Gasteiger partial charge in [-0.3, -0.25) is 4.79 Å². The van der Waals surface area contributed by atoms with E-state index in [-0.39, 0.29) is 11.9 Å². The second-order valence-corrected chi connectivity index (χ2v) is 7.52. The van der Waals surface area contributed by atoms with Crippen molar-refractivity contribution >= 4 is 17.0 Å². The number of carbonyl (C=O) groups excluding carboxylic acids is 1. The van der Waals surface area contributed by atoms with Crippen molar-refractivity contribution in [3.05, 3.63) is 30.1 Å². The first-order valence-electron chi connectivity index (χ1n) is 9.74. The van der Waals surface area contributed by atoms with Crippen LogP contribution in [0.15, 0.2) is 28.9 Å². The number of hydrogen-bond donors (Lipinski definition) is 1. The Kier molecular flexibility index (Phi) is 5.33. The van der Waals surface area contributed by atoms with Crippen LogP contribution in [0.4, 0.5) is 0 Å². The molecular weight excluding hydrogens is 372 g/mol. The molecule has 0 spiro atoms. The number of aryl methyl sites for hydroxylation is 1. The van der Waals surface area contributed by atoms with Gasteiger partial charge >= 0.3 is 0 Å². The van der Waals surface area contributed by atoms with Crippen LogP contribution in [0.1, 0.15) is 32.3 Å². The summed E-state index contributed by atoms with van der Waals surface area (Å²) in [7, 11) is 0. The van der Waals surface area contributed by atoms with E-state index in [0.29, 0.717) is 41.3 Å². The van der Waals surface area contributed by atoms with Crippen molar-refractivity contribution in [3.63, 3.8) is 0 Å². The van der Waals surface area contributed by atoms with Crippen LogP contribution in [-0.4, -0.2) is 40.1 Å². The molecule has 29 heavy (non-hydrogen) atoms. The molecule has 1 N–H and O–H groups in total. The average Bonchev–Trinajstić information content (AvgIpc) is 3.41. The maximum absolute atomic E-state index is 11.1. The molecule has 1 amide bonds. The first-order valence-corrected chi connectivity index (χ1v) is 9.74. The van der Waals surface area contributed by atoms with Crippen LogP contribution in [0.5, 0.6) is 11.8 Å². The lowest BCUT2D eigenvalue weighted by molar-refractivity contribution is -0.119. The second kappa shape index (κ2) is 8.06. The Balaban J connectivity index is 1.46. The molecular formula is C21H24N4O4. The van der Waals surface area contributed by atoms with Crippen LogP contribution < -0.4 is 14.8 Å². The van der Waals surface area contributed by atoms with Gasteiger partial charge in [0.15, 0.2) is 5.58 Å². The number of nitrogens with zero attached hydrogens (tertiary/aromatic N) is 3. The molecule has 0 unspecified atom stereocenters. The summed E-state index contributed by atoms with van der Waals surface area (Å²) >= 11 is 0. The molecule has 0 bridgehead atoms. The Hall–Kier alpha value is -3.16. The highest BCUT2D eigenvalue weighted by Gasteiger charge is 2.22. The van der Waals surface area contributed by atoms with Crippen molar-refractivity contribution in [2.24, 2.45) is 5.92 Å². The summed E-state index contributed by atoms with van der Waals surface area (Å²) in [6.07, 6.45) is 5.80. The molecule has 152 valence electrons. The van der Waals surface area contributed by atoms with Crippen molar-refractivity contribution in [3.8, 4) is 23.2 Å². The number of ether oxygens (including phenoxy) is 2. The van der Waals surface area contributed by atoms with E-state index in [1.165, 1.54) is 19.8 Å². The molecule has 1 aliphatic carbocycles. The average molecular weight is 396 g/mol. The van der Waals surface area contributed by atoms with E-state index in [4.69, 9.17) is 13.9 Å².